The van der Waals surface area contributed by atoms with E-state index in [1.165, 1.54) is 6.33 Å². The minimum absolute atomic E-state index is 0.0194. The second-order valence-electron chi connectivity index (χ2n) is 3.15. The molecule has 0 radical (unpaired) electrons. The van der Waals surface area contributed by atoms with Gasteiger partial charge < -0.3 is 10.6 Å². The lowest BCUT2D eigenvalue weighted by Gasteiger charge is -2.04. The van der Waals surface area contributed by atoms with Crippen LogP contribution in [-0.4, -0.2) is 29.0 Å². The predicted octanol–water partition coefficient (Wildman–Crippen LogP) is 0.0924. The highest BCUT2D eigenvalue weighted by atomic mass is 16.1. The molecule has 0 saturated carbocycles. The van der Waals surface area contributed by atoms with E-state index >= 15 is 0 Å². The van der Waals surface area contributed by atoms with Gasteiger partial charge in [0.25, 0.3) is 0 Å². The molecule has 0 aromatic carbocycles. The summed E-state index contributed by atoms with van der Waals surface area (Å²) in [6.07, 6.45) is 4.13. The zero-order valence-corrected chi connectivity index (χ0v) is 8.86. The van der Waals surface area contributed by atoms with Crippen LogP contribution >= 0.6 is 0 Å². The van der Waals surface area contributed by atoms with E-state index in [9.17, 15) is 4.79 Å². The van der Waals surface area contributed by atoms with Crippen LogP contribution in [0, 0.1) is 0 Å². The van der Waals surface area contributed by atoms with Crippen LogP contribution in [0.3, 0.4) is 0 Å². The summed E-state index contributed by atoms with van der Waals surface area (Å²) in [6, 6.07) is 1.82. The molecular formula is C10H16N4O. The first kappa shape index (κ1) is 11.6. The third-order valence-electron chi connectivity index (χ3n) is 1.81. The van der Waals surface area contributed by atoms with Crippen molar-refractivity contribution in [3.8, 4) is 0 Å². The lowest BCUT2D eigenvalue weighted by molar-refractivity contribution is -0.120. The van der Waals surface area contributed by atoms with Gasteiger partial charge in [0.2, 0.25) is 5.91 Å². The van der Waals surface area contributed by atoms with Gasteiger partial charge in [0.15, 0.2) is 0 Å². The average molecular weight is 208 g/mol. The van der Waals surface area contributed by atoms with Crippen LogP contribution < -0.4 is 10.6 Å². The van der Waals surface area contributed by atoms with Crippen molar-refractivity contribution in [2.75, 3.05) is 13.1 Å². The predicted molar refractivity (Wildman–Crippen MR) is 57.0 cm³/mol. The molecule has 0 aliphatic heterocycles. The topological polar surface area (TPSA) is 66.9 Å². The molecule has 0 saturated heterocycles. The molecule has 1 heterocycles. The Morgan fingerprint density at radius 3 is 3.07 bits per heavy atom. The van der Waals surface area contributed by atoms with Crippen LogP contribution in [0.4, 0.5) is 0 Å². The van der Waals surface area contributed by atoms with Crippen molar-refractivity contribution < 1.29 is 4.79 Å². The van der Waals surface area contributed by atoms with Gasteiger partial charge in [-0.15, -0.1) is 0 Å². The molecule has 5 nitrogen and oxygen atoms in total. The minimum Gasteiger partial charge on any atom is -0.355 e. The molecule has 1 rings (SSSR count). The van der Waals surface area contributed by atoms with E-state index in [0.29, 0.717) is 13.1 Å². The Balaban J connectivity index is 2.14. The molecule has 15 heavy (non-hydrogen) atoms. The van der Waals surface area contributed by atoms with Gasteiger partial charge in [0, 0.05) is 19.3 Å². The first-order valence-electron chi connectivity index (χ1n) is 5.05. The molecule has 0 fully saturated rings. The van der Waals surface area contributed by atoms with Gasteiger partial charge in [-0.1, -0.05) is 6.92 Å². The average Bonchev–Trinajstić information content (AvgIpc) is 2.28. The van der Waals surface area contributed by atoms with Gasteiger partial charge in [-0.25, -0.2) is 9.97 Å². The number of hydrogen-bond donors (Lipinski definition) is 2. The van der Waals surface area contributed by atoms with Gasteiger partial charge in [-0.3, -0.25) is 4.79 Å². The van der Waals surface area contributed by atoms with Crippen LogP contribution in [0.2, 0.25) is 0 Å². The summed E-state index contributed by atoms with van der Waals surface area (Å²) in [7, 11) is 0. The van der Waals surface area contributed by atoms with Gasteiger partial charge in [-0.05, 0) is 12.5 Å². The molecule has 5 heteroatoms. The lowest BCUT2D eigenvalue weighted by Crippen LogP contribution is -2.34. The maximum Gasteiger partial charge on any atom is 0.233 e. The summed E-state index contributed by atoms with van der Waals surface area (Å²) in [4.78, 5) is 19.0. The second-order valence-corrected chi connectivity index (χ2v) is 3.15. The van der Waals surface area contributed by atoms with Crippen LogP contribution in [0.15, 0.2) is 18.6 Å². The highest BCUT2D eigenvalue weighted by Gasteiger charge is 1.99. The number of rotatable bonds is 6. The van der Waals surface area contributed by atoms with E-state index in [4.69, 9.17) is 0 Å². The Labute approximate surface area is 89.3 Å². The number of nitrogens with zero attached hydrogens (tertiary/aromatic N) is 2. The van der Waals surface area contributed by atoms with Crippen LogP contribution in [0.1, 0.15) is 19.0 Å². The van der Waals surface area contributed by atoms with Gasteiger partial charge >= 0.3 is 0 Å². The Bertz CT molecular complexity index is 289. The van der Waals surface area contributed by atoms with Crippen LogP contribution in [-0.2, 0) is 11.3 Å². The Morgan fingerprint density at radius 2 is 2.40 bits per heavy atom. The summed E-state index contributed by atoms with van der Waals surface area (Å²) < 4.78 is 0. The smallest absolute Gasteiger partial charge is 0.233 e. The van der Waals surface area contributed by atoms with Crippen molar-refractivity contribution in [1.82, 2.24) is 20.6 Å². The number of hydrogen-bond acceptors (Lipinski definition) is 4. The third-order valence-corrected chi connectivity index (χ3v) is 1.81. The monoisotopic (exact) mass is 208 g/mol. The molecule has 1 amide bonds. The van der Waals surface area contributed by atoms with Crippen molar-refractivity contribution in [1.29, 1.82) is 0 Å². The van der Waals surface area contributed by atoms with E-state index in [1.807, 2.05) is 13.0 Å². The van der Waals surface area contributed by atoms with E-state index in [2.05, 4.69) is 20.6 Å². The molecule has 1 aromatic heterocycles. The minimum atomic E-state index is 0.0194. The first-order chi connectivity index (χ1) is 7.33. The number of carbonyl (C=O) groups excluding carboxylic acids is 1. The molecule has 1 aromatic rings. The van der Waals surface area contributed by atoms with E-state index in [1.54, 1.807) is 6.20 Å². The maximum atomic E-state index is 11.2. The second kappa shape index (κ2) is 6.89. The van der Waals surface area contributed by atoms with Crippen molar-refractivity contribution in [2.45, 2.75) is 19.9 Å². The Kier molecular flexibility index (Phi) is 5.32. The van der Waals surface area contributed by atoms with Crippen molar-refractivity contribution in [3.05, 3.63) is 24.3 Å². The van der Waals surface area contributed by atoms with Crippen molar-refractivity contribution in [2.24, 2.45) is 0 Å². The fourth-order valence-electron chi connectivity index (χ4n) is 1.05. The SMILES string of the molecule is CCCNC(=O)CNCc1ccncn1. The normalized spacial score (nSPS) is 9.93. The third kappa shape index (κ3) is 5.07. The quantitative estimate of drug-likeness (QED) is 0.695. The summed E-state index contributed by atoms with van der Waals surface area (Å²) in [5.74, 6) is 0.0194. The van der Waals surface area contributed by atoms with Crippen LogP contribution in [0.5, 0.6) is 0 Å². The van der Waals surface area contributed by atoms with Crippen LogP contribution in [0.25, 0.3) is 0 Å². The summed E-state index contributed by atoms with van der Waals surface area (Å²) in [5, 5.41) is 5.79. The van der Waals surface area contributed by atoms with E-state index < -0.39 is 0 Å². The zero-order chi connectivity index (χ0) is 10.9. The molecule has 0 aliphatic carbocycles. The number of carbonyl (C=O) groups is 1. The molecular weight excluding hydrogens is 192 g/mol. The molecule has 82 valence electrons. The molecule has 0 aliphatic rings. The van der Waals surface area contributed by atoms with Gasteiger partial charge in [0.1, 0.15) is 6.33 Å². The Hall–Kier alpha value is -1.49. The molecule has 0 spiro atoms. The Morgan fingerprint density at radius 1 is 1.53 bits per heavy atom. The zero-order valence-electron chi connectivity index (χ0n) is 8.86. The number of aromatic nitrogens is 2. The molecule has 0 unspecified atom stereocenters. The highest BCUT2D eigenvalue weighted by Crippen LogP contribution is 1.88. The van der Waals surface area contributed by atoms with E-state index in [-0.39, 0.29) is 5.91 Å². The van der Waals surface area contributed by atoms with Gasteiger partial charge in [-0.2, -0.15) is 0 Å². The standard InChI is InChI=1S/C10H16N4O/c1-2-4-13-10(15)7-12-6-9-3-5-11-8-14-9/h3,5,8,12H,2,4,6-7H2,1H3,(H,13,15). The number of nitrogens with one attached hydrogen (secondary N) is 2. The summed E-state index contributed by atoms with van der Waals surface area (Å²) >= 11 is 0. The fourth-order valence-corrected chi connectivity index (χ4v) is 1.05. The lowest BCUT2D eigenvalue weighted by atomic mass is 10.4. The highest BCUT2D eigenvalue weighted by molar-refractivity contribution is 5.77. The maximum absolute atomic E-state index is 11.2. The van der Waals surface area contributed by atoms with Crippen molar-refractivity contribution >= 4 is 5.91 Å². The fraction of sp³-hybridized carbons (Fsp3) is 0.500. The molecule has 0 atom stereocenters. The van der Waals surface area contributed by atoms with Crippen molar-refractivity contribution in [3.63, 3.8) is 0 Å². The summed E-state index contributed by atoms with van der Waals surface area (Å²) in [6.45, 7) is 3.66. The molecule has 0 bridgehead atoms. The summed E-state index contributed by atoms with van der Waals surface area (Å²) in [5.41, 5.74) is 0.883. The van der Waals surface area contributed by atoms with E-state index in [0.717, 1.165) is 18.7 Å². The molecule has 2 N–H and O–H groups in total. The number of amides is 1. The largest absolute Gasteiger partial charge is 0.355 e. The van der Waals surface area contributed by atoms with Gasteiger partial charge in [0.05, 0.1) is 12.2 Å². The first-order valence-corrected chi connectivity index (χ1v) is 5.05.